The SMILES string of the molecule is CCc1c(C)c2cc3[nH]c(cc4nc(c(CC(=O)O)c5nc(cc1[nH]2)C(C)=C5C(=O)O)C(CCC(=O)O)=C4C)c(C)c3CC.CNC[C@H](O)[C@@H](O)[C@H](O)[C@H](O)CO. The summed E-state index contributed by atoms with van der Waals surface area (Å²) >= 11 is 0. The standard InChI is InChI=1S/C34H36N4O6.C7H17NO5/c1-7-19-15(3)23-12-25-17(5)21(9-10-29(39)40)32(37-25)22(11-30(41)42)33-31(34(43)44)18(6)26(38-33)14-28-20(8-2)16(4)24(36-28)13-27(19)35-23;1-8-2-4(10)6(12)7(13)5(11)3-9/h12-14,35-36H,7-11H2,1-6H3,(H,39,40)(H,41,42)(H,43,44);4-13H,2-3H2,1H3/t;4-,5+,6+,7+/m.0/s1. The number of aliphatic hydroxyl groups excluding tert-OH is 5. The van der Waals surface area contributed by atoms with Crippen LogP contribution in [0.3, 0.4) is 0 Å². The van der Waals surface area contributed by atoms with Crippen LogP contribution in [-0.4, -0.2) is 123 Å². The van der Waals surface area contributed by atoms with Crippen LogP contribution in [0, 0.1) is 13.8 Å². The summed E-state index contributed by atoms with van der Waals surface area (Å²) in [5.74, 6) is -3.43. The molecule has 0 unspecified atom stereocenters. The van der Waals surface area contributed by atoms with Gasteiger partial charge in [0.25, 0.3) is 0 Å². The topological polar surface area (TPSA) is 282 Å². The number of aromatic nitrogens is 4. The normalized spacial score (nSPS) is 14.9. The molecular weight excluding hydrogens is 738 g/mol. The van der Waals surface area contributed by atoms with Crippen molar-refractivity contribution in [2.75, 3.05) is 20.2 Å². The van der Waals surface area contributed by atoms with E-state index in [4.69, 9.17) is 30.4 Å². The van der Waals surface area contributed by atoms with Crippen molar-refractivity contribution in [2.45, 2.75) is 98.1 Å². The first-order valence-corrected chi connectivity index (χ1v) is 18.7. The largest absolute Gasteiger partial charge is 0.481 e. The fraction of sp³-hybridized carbons (Fsp3) is 0.439. The van der Waals surface area contributed by atoms with Crippen LogP contribution >= 0.6 is 0 Å². The molecule has 0 amide bonds. The summed E-state index contributed by atoms with van der Waals surface area (Å²) in [6.45, 7) is 11.2. The van der Waals surface area contributed by atoms with Crippen molar-refractivity contribution >= 4 is 62.3 Å². The number of nitrogens with one attached hydrogen (secondary N) is 3. The minimum Gasteiger partial charge on any atom is -0.481 e. The molecule has 2 aliphatic rings. The van der Waals surface area contributed by atoms with Gasteiger partial charge < -0.3 is 56.1 Å². The maximum atomic E-state index is 12.7. The van der Waals surface area contributed by atoms with Crippen LogP contribution < -0.4 is 5.32 Å². The second-order valence-electron chi connectivity index (χ2n) is 14.2. The maximum Gasteiger partial charge on any atom is 0.338 e. The Morgan fingerprint density at radius 1 is 0.702 bits per heavy atom. The molecule has 0 saturated carbocycles. The molecule has 57 heavy (non-hydrogen) atoms. The van der Waals surface area contributed by atoms with E-state index in [9.17, 15) is 34.8 Å². The number of aliphatic carboxylic acids is 3. The Balaban J connectivity index is 0.000000476. The van der Waals surface area contributed by atoms with Gasteiger partial charge in [0, 0.05) is 40.6 Å². The van der Waals surface area contributed by atoms with Gasteiger partial charge in [0.1, 0.15) is 18.3 Å². The van der Waals surface area contributed by atoms with Crippen molar-refractivity contribution in [3.63, 3.8) is 0 Å². The zero-order valence-electron chi connectivity index (χ0n) is 33.2. The number of rotatable bonds is 14. The van der Waals surface area contributed by atoms with E-state index in [0.29, 0.717) is 28.1 Å². The van der Waals surface area contributed by atoms with Gasteiger partial charge in [-0.25, -0.2) is 14.8 Å². The number of carbonyl (C=O) groups is 3. The van der Waals surface area contributed by atoms with Crippen molar-refractivity contribution in [1.82, 2.24) is 25.3 Å². The Bertz CT molecular complexity index is 2270. The summed E-state index contributed by atoms with van der Waals surface area (Å²) in [5.41, 5.74) is 10.8. The van der Waals surface area contributed by atoms with E-state index in [-0.39, 0.29) is 41.9 Å². The Morgan fingerprint density at radius 3 is 1.72 bits per heavy atom. The molecule has 5 heterocycles. The number of nitrogens with zero attached hydrogens (tertiary/aromatic N) is 2. The van der Waals surface area contributed by atoms with E-state index in [1.807, 2.05) is 26.0 Å². The van der Waals surface area contributed by atoms with Crippen molar-refractivity contribution in [3.8, 4) is 0 Å². The summed E-state index contributed by atoms with van der Waals surface area (Å²) in [6.07, 6.45) is -4.78. The molecule has 3 aromatic rings. The average molecular weight is 792 g/mol. The number of allylic oxidation sites excluding steroid dienone is 3. The third-order valence-electron chi connectivity index (χ3n) is 10.5. The van der Waals surface area contributed by atoms with Crippen LogP contribution in [0.5, 0.6) is 0 Å². The molecule has 5 rings (SSSR count). The quantitative estimate of drug-likeness (QED) is 0.112. The predicted octanol–water partition coefficient (Wildman–Crippen LogP) is 3.14. The molecular formula is C41H53N5O11. The first-order valence-electron chi connectivity index (χ1n) is 18.7. The maximum absolute atomic E-state index is 12.7. The number of aryl methyl sites for hydroxylation is 4. The number of aliphatic hydroxyl groups is 5. The third-order valence-corrected chi connectivity index (χ3v) is 10.5. The van der Waals surface area contributed by atoms with E-state index >= 15 is 0 Å². The Kier molecular flexibility index (Phi) is 14.7. The van der Waals surface area contributed by atoms with Gasteiger partial charge in [-0.15, -0.1) is 0 Å². The van der Waals surface area contributed by atoms with Gasteiger partial charge in [0.15, 0.2) is 0 Å². The first kappa shape index (κ1) is 44.5. The van der Waals surface area contributed by atoms with Crippen molar-refractivity contribution in [2.24, 2.45) is 0 Å². The highest BCUT2D eigenvalue weighted by atomic mass is 16.4. The number of likely N-dealkylation sites (N-methyl/N-ethyl adjacent to an activating group) is 1. The zero-order valence-corrected chi connectivity index (χ0v) is 33.2. The first-order chi connectivity index (χ1) is 26.9. The second kappa shape index (κ2) is 18.8. The minimum absolute atomic E-state index is 0.0242. The van der Waals surface area contributed by atoms with E-state index in [1.165, 1.54) is 0 Å². The lowest BCUT2D eigenvalue weighted by atomic mass is 9.94. The van der Waals surface area contributed by atoms with Gasteiger partial charge in [-0.3, -0.25) is 9.59 Å². The Hall–Kier alpha value is -5.23. The van der Waals surface area contributed by atoms with Crippen LogP contribution in [0.2, 0.25) is 0 Å². The molecule has 8 bridgehead atoms. The molecule has 4 atom stereocenters. The number of carboxylic acids is 3. The molecule has 0 fully saturated rings. The van der Waals surface area contributed by atoms with Crippen molar-refractivity contribution < 1.29 is 55.2 Å². The van der Waals surface area contributed by atoms with Gasteiger partial charge in [0.2, 0.25) is 0 Å². The number of hydrogen-bond donors (Lipinski definition) is 11. The van der Waals surface area contributed by atoms with E-state index in [0.717, 1.165) is 57.2 Å². The van der Waals surface area contributed by atoms with Gasteiger partial charge in [-0.1, -0.05) is 13.8 Å². The monoisotopic (exact) mass is 791 g/mol. The summed E-state index contributed by atoms with van der Waals surface area (Å²) in [4.78, 5) is 53.2. The lowest BCUT2D eigenvalue weighted by molar-refractivity contribution is -0.137. The van der Waals surface area contributed by atoms with Crippen LogP contribution in [0.1, 0.15) is 91.1 Å². The highest BCUT2D eigenvalue weighted by Gasteiger charge is 2.31. The van der Waals surface area contributed by atoms with Crippen molar-refractivity contribution in [1.29, 1.82) is 0 Å². The van der Waals surface area contributed by atoms with Crippen LogP contribution in [0.25, 0.3) is 44.4 Å². The van der Waals surface area contributed by atoms with Gasteiger partial charge in [-0.2, -0.15) is 0 Å². The van der Waals surface area contributed by atoms with E-state index < -0.39 is 55.4 Å². The zero-order chi connectivity index (χ0) is 42.5. The molecule has 0 aliphatic carbocycles. The van der Waals surface area contributed by atoms with Crippen LogP contribution in [-0.2, 0) is 33.6 Å². The number of aromatic amines is 2. The fourth-order valence-electron chi connectivity index (χ4n) is 7.26. The van der Waals surface area contributed by atoms with Gasteiger partial charge in [-0.05, 0) is 111 Å². The summed E-state index contributed by atoms with van der Waals surface area (Å²) in [7, 11) is 1.57. The summed E-state index contributed by atoms with van der Waals surface area (Å²) in [5, 5.41) is 77.3. The lowest BCUT2D eigenvalue weighted by Gasteiger charge is -2.25. The second-order valence-corrected chi connectivity index (χ2v) is 14.2. The molecule has 0 saturated heterocycles. The molecule has 0 spiro atoms. The van der Waals surface area contributed by atoms with Gasteiger partial charge >= 0.3 is 17.9 Å². The Labute approximate surface area is 329 Å². The molecule has 0 radical (unpaired) electrons. The minimum atomic E-state index is -1.55. The highest BCUT2D eigenvalue weighted by Crippen LogP contribution is 2.40. The molecule has 308 valence electrons. The molecule has 16 heteroatoms. The molecule has 0 aromatic carbocycles. The van der Waals surface area contributed by atoms with Crippen LogP contribution in [0.15, 0.2) is 18.2 Å². The fourth-order valence-corrected chi connectivity index (χ4v) is 7.26. The summed E-state index contributed by atoms with van der Waals surface area (Å²) < 4.78 is 0. The van der Waals surface area contributed by atoms with E-state index in [1.54, 1.807) is 14.0 Å². The summed E-state index contributed by atoms with van der Waals surface area (Å²) in [6, 6.07) is 5.80. The molecule has 11 N–H and O–H groups in total. The molecule has 16 nitrogen and oxygen atoms in total. The highest BCUT2D eigenvalue weighted by molar-refractivity contribution is 6.24. The van der Waals surface area contributed by atoms with Gasteiger partial charge in [0.05, 0.1) is 47.5 Å². The smallest absolute Gasteiger partial charge is 0.338 e. The molecule has 3 aromatic heterocycles. The number of fused-ring (bicyclic) bond motifs is 8. The molecule has 2 aliphatic heterocycles. The Morgan fingerprint density at radius 2 is 1.21 bits per heavy atom. The number of hydrogen-bond acceptors (Lipinski definition) is 11. The lowest BCUT2D eigenvalue weighted by Crippen LogP contribution is -2.48. The predicted molar refractivity (Wildman–Crippen MR) is 215 cm³/mol. The van der Waals surface area contributed by atoms with E-state index in [2.05, 4.69) is 42.1 Å². The number of H-pyrrole nitrogens is 2. The average Bonchev–Trinajstić information content (AvgIpc) is 3.84. The number of carboxylic acid groups (broad SMARTS) is 3. The van der Waals surface area contributed by atoms with Crippen LogP contribution in [0.4, 0.5) is 0 Å². The third kappa shape index (κ3) is 9.50. The van der Waals surface area contributed by atoms with Crippen molar-refractivity contribution in [3.05, 3.63) is 68.8 Å².